The first-order valence-corrected chi connectivity index (χ1v) is 12.0. The molecule has 0 bridgehead atoms. The fraction of sp³-hybridized carbons (Fsp3) is 0.400. The lowest BCUT2D eigenvalue weighted by Crippen LogP contribution is -2.51. The second kappa shape index (κ2) is 9.60. The highest BCUT2D eigenvalue weighted by Gasteiger charge is 2.30. The molecule has 9 heteroatoms. The monoisotopic (exact) mass is 436 g/mol. The number of fused-ring (bicyclic) bond motifs is 1. The van der Waals surface area contributed by atoms with E-state index >= 15 is 0 Å². The predicted octanol–water partition coefficient (Wildman–Crippen LogP) is 1.97. The molecule has 0 N–H and O–H groups in total. The van der Waals surface area contributed by atoms with E-state index in [1.165, 1.54) is 16.1 Å². The van der Waals surface area contributed by atoms with Crippen LogP contribution >= 0.6 is 11.8 Å². The van der Waals surface area contributed by atoms with Crippen LogP contribution in [0.4, 0.5) is 0 Å². The summed E-state index contributed by atoms with van der Waals surface area (Å²) in [5.41, 5.74) is 0. The van der Waals surface area contributed by atoms with Gasteiger partial charge in [-0.3, -0.25) is 9.59 Å². The normalized spacial score (nSPS) is 15.4. The molecule has 1 aliphatic rings. The summed E-state index contributed by atoms with van der Waals surface area (Å²) in [4.78, 5) is 25.5. The molecule has 0 saturated carbocycles. The first kappa shape index (κ1) is 21.6. The third-order valence-electron chi connectivity index (χ3n) is 4.70. The van der Waals surface area contributed by atoms with Crippen molar-refractivity contribution in [2.45, 2.75) is 11.8 Å². The average Bonchev–Trinajstić information content (AvgIpc) is 2.73. The van der Waals surface area contributed by atoms with Gasteiger partial charge in [0.25, 0.3) is 0 Å². The molecule has 2 aromatic carbocycles. The van der Waals surface area contributed by atoms with E-state index in [2.05, 4.69) is 0 Å². The van der Waals surface area contributed by atoms with Gasteiger partial charge in [-0.15, -0.1) is 11.8 Å². The third kappa shape index (κ3) is 5.29. The summed E-state index contributed by atoms with van der Waals surface area (Å²) >= 11 is 1.21. The summed E-state index contributed by atoms with van der Waals surface area (Å²) in [6.07, 6.45) is 0. The molecule has 0 unspecified atom stereocenters. The van der Waals surface area contributed by atoms with Crippen molar-refractivity contribution in [1.82, 2.24) is 9.21 Å². The number of carbonyl (C=O) groups excluding carboxylic acids is 2. The maximum atomic E-state index is 13.0. The summed E-state index contributed by atoms with van der Waals surface area (Å²) < 4.78 is 32.2. The molecule has 0 aromatic heterocycles. The summed E-state index contributed by atoms with van der Waals surface area (Å²) in [7, 11) is -3.61. The van der Waals surface area contributed by atoms with Crippen LogP contribution in [0.3, 0.4) is 0 Å². The van der Waals surface area contributed by atoms with Crippen molar-refractivity contribution in [1.29, 1.82) is 0 Å². The molecule has 0 spiro atoms. The van der Waals surface area contributed by atoms with Gasteiger partial charge in [0, 0.05) is 26.2 Å². The van der Waals surface area contributed by atoms with Crippen LogP contribution in [0.5, 0.6) is 0 Å². The minimum Gasteiger partial charge on any atom is -0.465 e. The molecule has 156 valence electrons. The average molecular weight is 437 g/mol. The Morgan fingerprint density at radius 3 is 2.38 bits per heavy atom. The molecular formula is C20H24N2O5S2. The van der Waals surface area contributed by atoms with Crippen molar-refractivity contribution in [3.8, 4) is 0 Å². The van der Waals surface area contributed by atoms with E-state index < -0.39 is 10.0 Å². The number of hydrogen-bond acceptors (Lipinski definition) is 6. The van der Waals surface area contributed by atoms with Crippen molar-refractivity contribution >= 4 is 44.4 Å². The second-order valence-electron chi connectivity index (χ2n) is 6.59. The number of carbonyl (C=O) groups is 2. The Balaban J connectivity index is 1.56. The Labute approximate surface area is 175 Å². The Hall–Kier alpha value is -2.10. The van der Waals surface area contributed by atoms with Gasteiger partial charge in [0.15, 0.2) is 0 Å². The molecule has 1 heterocycles. The van der Waals surface area contributed by atoms with Gasteiger partial charge in [-0.05, 0) is 29.8 Å². The topological polar surface area (TPSA) is 84.0 Å². The van der Waals surface area contributed by atoms with Gasteiger partial charge in [-0.25, -0.2) is 8.42 Å². The number of benzene rings is 2. The van der Waals surface area contributed by atoms with E-state index in [0.29, 0.717) is 19.7 Å². The fourth-order valence-electron chi connectivity index (χ4n) is 3.17. The van der Waals surface area contributed by atoms with Gasteiger partial charge in [0.1, 0.15) is 0 Å². The highest BCUT2D eigenvalue weighted by Crippen LogP contribution is 2.23. The molecular weight excluding hydrogens is 412 g/mol. The van der Waals surface area contributed by atoms with Gasteiger partial charge in [0.2, 0.25) is 15.9 Å². The molecule has 0 aliphatic carbocycles. The molecule has 29 heavy (non-hydrogen) atoms. The lowest BCUT2D eigenvalue weighted by atomic mass is 10.1. The van der Waals surface area contributed by atoms with Crippen LogP contribution in [-0.2, 0) is 24.3 Å². The van der Waals surface area contributed by atoms with E-state index in [9.17, 15) is 18.0 Å². The number of sulfonamides is 1. The zero-order valence-electron chi connectivity index (χ0n) is 16.2. The quantitative estimate of drug-likeness (QED) is 0.617. The van der Waals surface area contributed by atoms with Gasteiger partial charge in [-0.2, -0.15) is 4.31 Å². The lowest BCUT2D eigenvalue weighted by molar-refractivity contribution is -0.139. The number of amides is 1. The van der Waals surface area contributed by atoms with Crippen LogP contribution in [0.25, 0.3) is 10.8 Å². The number of thioether (sulfide) groups is 1. The number of nitrogens with zero attached hydrogens (tertiary/aromatic N) is 2. The van der Waals surface area contributed by atoms with E-state index in [0.717, 1.165) is 10.8 Å². The molecule has 2 aromatic rings. The zero-order valence-corrected chi connectivity index (χ0v) is 17.9. The van der Waals surface area contributed by atoms with Crippen LogP contribution in [0.2, 0.25) is 0 Å². The largest absolute Gasteiger partial charge is 0.465 e. The highest BCUT2D eigenvalue weighted by molar-refractivity contribution is 8.00. The second-order valence-corrected chi connectivity index (χ2v) is 9.52. The summed E-state index contributed by atoms with van der Waals surface area (Å²) in [5.74, 6) is -0.120. The minimum absolute atomic E-state index is 0.0953. The Bertz CT molecular complexity index is 985. The van der Waals surface area contributed by atoms with Crippen LogP contribution < -0.4 is 0 Å². The Morgan fingerprint density at radius 2 is 1.69 bits per heavy atom. The lowest BCUT2D eigenvalue weighted by Gasteiger charge is -2.34. The van der Waals surface area contributed by atoms with Crippen molar-refractivity contribution < 1.29 is 22.7 Å². The van der Waals surface area contributed by atoms with Crippen LogP contribution in [-0.4, -0.2) is 73.8 Å². The Morgan fingerprint density at radius 1 is 1.00 bits per heavy atom. The highest BCUT2D eigenvalue weighted by atomic mass is 32.2. The SMILES string of the molecule is CCOC(=O)CSCC(=O)N1CCN(S(=O)(=O)c2ccc3ccccc3c2)CC1. The van der Waals surface area contributed by atoms with Gasteiger partial charge < -0.3 is 9.64 Å². The third-order valence-corrected chi connectivity index (χ3v) is 7.49. The summed E-state index contributed by atoms with van der Waals surface area (Å²) in [6, 6.07) is 12.7. The Kier molecular flexibility index (Phi) is 7.15. The van der Waals surface area contributed by atoms with Crippen molar-refractivity contribution in [3.63, 3.8) is 0 Å². The summed E-state index contributed by atoms with van der Waals surface area (Å²) in [5, 5.41) is 1.86. The van der Waals surface area contributed by atoms with E-state index in [-0.39, 0.29) is 41.4 Å². The number of rotatable bonds is 7. The molecule has 3 rings (SSSR count). The molecule has 1 aliphatic heterocycles. The molecule has 7 nitrogen and oxygen atoms in total. The maximum absolute atomic E-state index is 13.0. The molecule has 1 fully saturated rings. The number of ether oxygens (including phenoxy) is 1. The van der Waals surface area contributed by atoms with E-state index in [1.54, 1.807) is 24.0 Å². The maximum Gasteiger partial charge on any atom is 0.315 e. The number of piperazine rings is 1. The smallest absolute Gasteiger partial charge is 0.315 e. The molecule has 1 amide bonds. The van der Waals surface area contributed by atoms with Crippen molar-refractivity contribution in [2.24, 2.45) is 0 Å². The van der Waals surface area contributed by atoms with Crippen LogP contribution in [0.15, 0.2) is 47.4 Å². The predicted molar refractivity (Wildman–Crippen MR) is 113 cm³/mol. The van der Waals surface area contributed by atoms with Crippen molar-refractivity contribution in [2.75, 3.05) is 44.3 Å². The zero-order chi connectivity index (χ0) is 20.9. The standard InChI is InChI=1S/C20H24N2O5S2/c1-2-27-20(24)15-28-14-19(23)21-9-11-22(12-10-21)29(25,26)18-8-7-16-5-3-4-6-17(16)13-18/h3-8,13H,2,9-12,14-15H2,1H3. The molecule has 1 saturated heterocycles. The van der Waals surface area contributed by atoms with Crippen LogP contribution in [0.1, 0.15) is 6.92 Å². The fourth-order valence-corrected chi connectivity index (χ4v) is 5.34. The van der Waals surface area contributed by atoms with E-state index in [1.807, 2.05) is 30.3 Å². The summed E-state index contributed by atoms with van der Waals surface area (Å²) in [6.45, 7) is 3.24. The first-order valence-electron chi connectivity index (χ1n) is 9.42. The van der Waals surface area contributed by atoms with Crippen molar-refractivity contribution in [3.05, 3.63) is 42.5 Å². The van der Waals surface area contributed by atoms with Gasteiger partial charge in [0.05, 0.1) is 23.0 Å². The minimum atomic E-state index is -3.61. The van der Waals surface area contributed by atoms with Gasteiger partial charge in [-0.1, -0.05) is 30.3 Å². The number of hydrogen-bond donors (Lipinski definition) is 0. The van der Waals surface area contributed by atoms with Crippen LogP contribution in [0, 0.1) is 0 Å². The molecule has 0 radical (unpaired) electrons. The van der Waals surface area contributed by atoms with Gasteiger partial charge >= 0.3 is 5.97 Å². The van der Waals surface area contributed by atoms with E-state index in [4.69, 9.17) is 4.74 Å². The first-order chi connectivity index (χ1) is 13.9. The number of esters is 1. The molecule has 0 atom stereocenters.